The highest BCUT2D eigenvalue weighted by atomic mass is 35.5. The van der Waals surface area contributed by atoms with Gasteiger partial charge in [-0.3, -0.25) is 4.79 Å². The van der Waals surface area contributed by atoms with Gasteiger partial charge in [0.2, 0.25) is 0 Å². The van der Waals surface area contributed by atoms with Crippen molar-refractivity contribution in [1.82, 2.24) is 9.97 Å². The van der Waals surface area contributed by atoms with Crippen LogP contribution in [0.25, 0.3) is 11.0 Å². The van der Waals surface area contributed by atoms with Gasteiger partial charge in [-0.05, 0) is 43.3 Å². The number of nitrogens with one attached hydrogen (secondary N) is 4. The van der Waals surface area contributed by atoms with Crippen molar-refractivity contribution in [3.8, 4) is 0 Å². The molecule has 1 amide bonds. The van der Waals surface area contributed by atoms with Crippen molar-refractivity contribution in [3.63, 3.8) is 0 Å². The largest absolute Gasteiger partial charge is 0.360 e. The highest BCUT2D eigenvalue weighted by Crippen LogP contribution is 2.19. The molecule has 1 aliphatic heterocycles. The molecule has 4 rings (SSSR count). The summed E-state index contributed by atoms with van der Waals surface area (Å²) in [6, 6.07) is 13.1. The van der Waals surface area contributed by atoms with E-state index in [4.69, 9.17) is 11.6 Å². The molecule has 4 N–H and O–H groups in total. The molecule has 0 saturated carbocycles. The number of piperazine rings is 1. The zero-order chi connectivity index (χ0) is 19.7. The van der Waals surface area contributed by atoms with Crippen LogP contribution in [0.5, 0.6) is 0 Å². The van der Waals surface area contributed by atoms with Crippen LogP contribution >= 0.6 is 11.6 Å². The van der Waals surface area contributed by atoms with Crippen LogP contribution in [0.1, 0.15) is 6.92 Å². The first-order chi connectivity index (χ1) is 13.5. The fraction of sp³-hybridized carbons (Fsp3) is 0.300. The molecule has 7 nitrogen and oxygen atoms in total. The quantitative estimate of drug-likeness (QED) is 0.531. The SMILES string of the molecule is C[C@@H](C(=O)Nc1ccc2[nH]c(=O)[nH]c2c1)[NH+]1CCN(c2cccc(Cl)c2)CC1. The third-order valence-corrected chi connectivity index (χ3v) is 5.60. The average Bonchev–Trinajstić information content (AvgIpc) is 3.07. The van der Waals surface area contributed by atoms with Gasteiger partial charge in [0, 0.05) is 16.4 Å². The number of H-pyrrole nitrogens is 2. The van der Waals surface area contributed by atoms with Gasteiger partial charge in [0.1, 0.15) is 0 Å². The molecular formula is C20H23ClN5O2+. The van der Waals surface area contributed by atoms with Crippen molar-refractivity contribution >= 4 is 39.9 Å². The summed E-state index contributed by atoms with van der Waals surface area (Å²) in [5, 5.41) is 3.70. The highest BCUT2D eigenvalue weighted by molar-refractivity contribution is 6.30. The number of nitrogens with zero attached hydrogens (tertiary/aromatic N) is 1. The predicted octanol–water partition coefficient (Wildman–Crippen LogP) is 1.24. The molecule has 2 aromatic carbocycles. The molecule has 0 spiro atoms. The standard InChI is InChI=1S/C20H22ClN5O2/c1-13(19(27)22-15-5-6-17-18(12-15)24-20(28)23-17)25-7-9-26(10-8-25)16-4-2-3-14(21)11-16/h2-6,11-13H,7-10H2,1H3,(H,22,27)(H2,23,24,28)/p+1/t13-/m0/s1. The summed E-state index contributed by atoms with van der Waals surface area (Å²) in [7, 11) is 0. The second-order valence-electron chi connectivity index (χ2n) is 7.18. The zero-order valence-corrected chi connectivity index (χ0v) is 16.3. The summed E-state index contributed by atoms with van der Waals surface area (Å²) in [4.78, 5) is 33.0. The van der Waals surface area contributed by atoms with E-state index in [1.165, 1.54) is 4.90 Å². The Morgan fingerprint density at radius 2 is 1.89 bits per heavy atom. The molecule has 1 fully saturated rings. The summed E-state index contributed by atoms with van der Waals surface area (Å²) in [5.74, 6) is -0.0246. The van der Waals surface area contributed by atoms with Crippen LogP contribution in [0.2, 0.25) is 5.02 Å². The van der Waals surface area contributed by atoms with Crippen molar-refractivity contribution in [2.24, 2.45) is 0 Å². The summed E-state index contributed by atoms with van der Waals surface area (Å²) in [6.07, 6.45) is 0. The average molecular weight is 401 g/mol. The molecule has 1 aliphatic rings. The van der Waals surface area contributed by atoms with Crippen molar-refractivity contribution < 1.29 is 9.69 Å². The van der Waals surface area contributed by atoms with E-state index in [1.807, 2.05) is 25.1 Å². The fourth-order valence-corrected chi connectivity index (χ4v) is 3.89. The molecule has 1 saturated heterocycles. The lowest BCUT2D eigenvalue weighted by molar-refractivity contribution is -0.914. The molecule has 0 bridgehead atoms. The first-order valence-corrected chi connectivity index (χ1v) is 9.75. The van der Waals surface area contributed by atoms with Crippen LogP contribution in [-0.4, -0.2) is 48.1 Å². The number of hydrogen-bond acceptors (Lipinski definition) is 3. The molecular weight excluding hydrogens is 378 g/mol. The van der Waals surface area contributed by atoms with Gasteiger partial charge in [-0.2, -0.15) is 0 Å². The predicted molar refractivity (Wildman–Crippen MR) is 111 cm³/mol. The first-order valence-electron chi connectivity index (χ1n) is 9.37. The van der Waals surface area contributed by atoms with Crippen molar-refractivity contribution in [1.29, 1.82) is 0 Å². The summed E-state index contributed by atoms with van der Waals surface area (Å²) in [6.45, 7) is 5.47. The molecule has 146 valence electrons. The molecule has 3 aromatic rings. The number of amides is 1. The van der Waals surface area contributed by atoms with Gasteiger partial charge in [-0.15, -0.1) is 0 Å². The van der Waals surface area contributed by atoms with Crippen LogP contribution in [0.4, 0.5) is 11.4 Å². The minimum atomic E-state index is -0.256. The Morgan fingerprint density at radius 3 is 2.64 bits per heavy atom. The normalized spacial score (nSPS) is 16.3. The maximum atomic E-state index is 12.7. The lowest BCUT2D eigenvalue weighted by Gasteiger charge is -2.36. The molecule has 0 radical (unpaired) electrons. The van der Waals surface area contributed by atoms with Gasteiger partial charge < -0.3 is 25.1 Å². The van der Waals surface area contributed by atoms with Gasteiger partial charge in [0.05, 0.1) is 37.2 Å². The van der Waals surface area contributed by atoms with E-state index < -0.39 is 0 Å². The molecule has 1 atom stereocenters. The van der Waals surface area contributed by atoms with Crippen molar-refractivity contribution in [2.75, 3.05) is 36.4 Å². The number of quaternary nitrogens is 1. The summed E-state index contributed by atoms with van der Waals surface area (Å²) in [5.41, 5.74) is 2.94. The smallest absolute Gasteiger partial charge is 0.323 e. The highest BCUT2D eigenvalue weighted by Gasteiger charge is 2.29. The van der Waals surface area contributed by atoms with E-state index in [1.54, 1.807) is 18.2 Å². The number of carbonyl (C=O) groups is 1. The van der Waals surface area contributed by atoms with Gasteiger partial charge in [0.15, 0.2) is 6.04 Å². The molecule has 2 heterocycles. The zero-order valence-electron chi connectivity index (χ0n) is 15.6. The third-order valence-electron chi connectivity index (χ3n) is 5.37. The van der Waals surface area contributed by atoms with E-state index in [0.717, 1.165) is 42.4 Å². The Morgan fingerprint density at radius 1 is 1.14 bits per heavy atom. The van der Waals surface area contributed by atoms with E-state index in [-0.39, 0.29) is 17.6 Å². The fourth-order valence-electron chi connectivity index (χ4n) is 3.70. The van der Waals surface area contributed by atoms with Crippen molar-refractivity contribution in [3.05, 3.63) is 58.0 Å². The Kier molecular flexibility index (Phi) is 5.11. The number of hydrogen-bond donors (Lipinski definition) is 4. The lowest BCUT2D eigenvalue weighted by atomic mass is 10.2. The Hall–Kier alpha value is -2.77. The molecule has 0 aliphatic carbocycles. The second-order valence-corrected chi connectivity index (χ2v) is 7.61. The van der Waals surface area contributed by atoms with E-state index in [9.17, 15) is 9.59 Å². The molecule has 0 unspecified atom stereocenters. The molecule has 28 heavy (non-hydrogen) atoms. The first kappa shape index (κ1) is 18.6. The number of benzene rings is 2. The third kappa shape index (κ3) is 3.90. The number of imidazole rings is 1. The van der Waals surface area contributed by atoms with Crippen LogP contribution in [0, 0.1) is 0 Å². The Bertz CT molecular complexity index is 1050. The Labute approximate surface area is 167 Å². The van der Waals surface area contributed by atoms with Gasteiger partial charge in [-0.1, -0.05) is 17.7 Å². The molecule has 8 heteroatoms. The van der Waals surface area contributed by atoms with Crippen molar-refractivity contribution in [2.45, 2.75) is 13.0 Å². The topological polar surface area (TPSA) is 85.4 Å². The molecule has 1 aromatic heterocycles. The number of aromatic amines is 2. The van der Waals surface area contributed by atoms with Gasteiger partial charge >= 0.3 is 5.69 Å². The number of carbonyl (C=O) groups excluding carboxylic acids is 1. The lowest BCUT2D eigenvalue weighted by Crippen LogP contribution is -3.19. The maximum Gasteiger partial charge on any atom is 0.323 e. The maximum absolute atomic E-state index is 12.7. The minimum absolute atomic E-state index is 0.0246. The summed E-state index contributed by atoms with van der Waals surface area (Å²) < 4.78 is 0. The van der Waals surface area contributed by atoms with Gasteiger partial charge in [0.25, 0.3) is 5.91 Å². The van der Waals surface area contributed by atoms with Crippen LogP contribution in [-0.2, 0) is 4.79 Å². The number of aromatic nitrogens is 2. The monoisotopic (exact) mass is 400 g/mol. The van der Waals surface area contributed by atoms with Crippen LogP contribution in [0.3, 0.4) is 0 Å². The second kappa shape index (κ2) is 7.69. The van der Waals surface area contributed by atoms with Gasteiger partial charge in [-0.25, -0.2) is 4.79 Å². The van der Waals surface area contributed by atoms with E-state index >= 15 is 0 Å². The minimum Gasteiger partial charge on any atom is -0.360 e. The van der Waals surface area contributed by atoms with Crippen LogP contribution in [0.15, 0.2) is 47.3 Å². The Balaban J connectivity index is 1.36. The number of fused-ring (bicyclic) bond motifs is 1. The van der Waals surface area contributed by atoms with Crippen LogP contribution < -0.4 is 20.8 Å². The van der Waals surface area contributed by atoms with E-state index in [2.05, 4.69) is 26.3 Å². The van der Waals surface area contributed by atoms with E-state index in [0.29, 0.717) is 11.2 Å². The number of halogens is 1. The number of anilines is 2. The number of rotatable bonds is 4. The summed E-state index contributed by atoms with van der Waals surface area (Å²) >= 11 is 6.09.